The van der Waals surface area contributed by atoms with Crippen LogP contribution in [0.3, 0.4) is 0 Å². The second-order valence-electron chi connectivity index (χ2n) is 7.23. The van der Waals surface area contributed by atoms with Crippen molar-refractivity contribution in [2.24, 2.45) is 0 Å². The van der Waals surface area contributed by atoms with Crippen molar-refractivity contribution in [1.82, 2.24) is 15.1 Å². The number of ether oxygens (including phenoxy) is 1. The van der Waals surface area contributed by atoms with Crippen LogP contribution >= 0.6 is 11.6 Å². The lowest BCUT2D eigenvalue weighted by atomic mass is 9.95. The van der Waals surface area contributed by atoms with Gasteiger partial charge < -0.3 is 19.8 Å². The topological polar surface area (TPSA) is 98.7 Å². The van der Waals surface area contributed by atoms with E-state index in [1.807, 2.05) is 24.3 Å². The monoisotopic (exact) mass is 427 g/mol. The highest BCUT2D eigenvalue weighted by atomic mass is 35.5. The van der Waals surface area contributed by atoms with Crippen LogP contribution in [0.25, 0.3) is 11.3 Å². The summed E-state index contributed by atoms with van der Waals surface area (Å²) in [7, 11) is 1.59. The number of carbonyl (C=O) groups is 1. The predicted molar refractivity (Wildman–Crippen MR) is 113 cm³/mol. The second-order valence-corrected chi connectivity index (χ2v) is 7.64. The average molecular weight is 428 g/mol. The fourth-order valence-corrected chi connectivity index (χ4v) is 4.05. The first-order valence-electron chi connectivity index (χ1n) is 9.59. The van der Waals surface area contributed by atoms with Crippen molar-refractivity contribution in [2.45, 2.75) is 19.4 Å². The average Bonchev–Trinajstić information content (AvgIpc) is 3.28. The summed E-state index contributed by atoms with van der Waals surface area (Å²) in [5.74, 6) is 0.501. The maximum absolute atomic E-state index is 13.1. The number of aliphatic hydroxyl groups excluding tert-OH is 1. The van der Waals surface area contributed by atoms with Crippen molar-refractivity contribution in [3.63, 3.8) is 0 Å². The van der Waals surface area contributed by atoms with Gasteiger partial charge in [-0.3, -0.25) is 9.89 Å². The van der Waals surface area contributed by atoms with Gasteiger partial charge in [0, 0.05) is 29.3 Å². The summed E-state index contributed by atoms with van der Waals surface area (Å²) < 4.78 is 5.37. The Morgan fingerprint density at radius 1 is 1.30 bits per heavy atom. The number of carbonyl (C=O) groups excluding carboxylic acids is 1. The van der Waals surface area contributed by atoms with Gasteiger partial charge in [-0.25, -0.2) is 0 Å². The Bertz CT molecular complexity index is 1110. The standard InChI is InChI=1S/C22H22ClN3O4/c1-12-9-17(28)15(11-16(12)23)19-18-20(25-24-19)22(29)26(7-4-8-27)21(18)13-5-3-6-14(10-13)30-2/h3,5-6,9-11,21,27-28H,4,7-8H2,1-2H3,(H,24,25)/t21-/m0/s1. The summed E-state index contributed by atoms with van der Waals surface area (Å²) in [6.45, 7) is 2.15. The van der Waals surface area contributed by atoms with Crippen LogP contribution in [-0.4, -0.2) is 51.5 Å². The van der Waals surface area contributed by atoms with Crippen LogP contribution in [0, 0.1) is 6.92 Å². The van der Waals surface area contributed by atoms with Crippen molar-refractivity contribution >= 4 is 17.5 Å². The number of H-pyrrole nitrogens is 1. The number of hydrogen-bond acceptors (Lipinski definition) is 5. The Balaban J connectivity index is 1.90. The number of nitrogens with zero attached hydrogens (tertiary/aromatic N) is 2. The third-order valence-electron chi connectivity index (χ3n) is 5.36. The molecule has 3 N–H and O–H groups in total. The van der Waals surface area contributed by atoms with Crippen LogP contribution in [0.4, 0.5) is 0 Å². The number of hydrogen-bond donors (Lipinski definition) is 3. The van der Waals surface area contributed by atoms with E-state index >= 15 is 0 Å². The highest BCUT2D eigenvalue weighted by Gasteiger charge is 2.42. The smallest absolute Gasteiger partial charge is 0.273 e. The molecule has 2 heterocycles. The van der Waals surface area contributed by atoms with Gasteiger partial charge in [0.1, 0.15) is 22.9 Å². The zero-order chi connectivity index (χ0) is 21.4. The highest BCUT2D eigenvalue weighted by molar-refractivity contribution is 6.31. The minimum atomic E-state index is -0.442. The van der Waals surface area contributed by atoms with Gasteiger partial charge in [0.05, 0.1) is 13.2 Å². The number of aromatic nitrogens is 2. The highest BCUT2D eigenvalue weighted by Crippen LogP contribution is 2.45. The molecule has 30 heavy (non-hydrogen) atoms. The van der Waals surface area contributed by atoms with Crippen LogP contribution in [0.5, 0.6) is 11.5 Å². The van der Waals surface area contributed by atoms with Crippen molar-refractivity contribution in [2.75, 3.05) is 20.3 Å². The molecule has 156 valence electrons. The number of benzene rings is 2. The Labute approximate surface area is 178 Å². The molecule has 1 aromatic heterocycles. The van der Waals surface area contributed by atoms with E-state index in [0.29, 0.717) is 46.3 Å². The van der Waals surface area contributed by atoms with E-state index in [-0.39, 0.29) is 18.3 Å². The van der Waals surface area contributed by atoms with E-state index in [4.69, 9.17) is 16.3 Å². The van der Waals surface area contributed by atoms with Gasteiger partial charge in [-0.1, -0.05) is 23.7 Å². The summed E-state index contributed by atoms with van der Waals surface area (Å²) in [6.07, 6.45) is 0.445. The zero-order valence-corrected chi connectivity index (χ0v) is 17.4. The normalized spacial score (nSPS) is 15.5. The summed E-state index contributed by atoms with van der Waals surface area (Å²) in [4.78, 5) is 14.8. The maximum atomic E-state index is 13.1. The number of rotatable bonds is 6. The maximum Gasteiger partial charge on any atom is 0.273 e. The minimum Gasteiger partial charge on any atom is -0.507 e. The molecule has 0 bridgehead atoms. The lowest BCUT2D eigenvalue weighted by Crippen LogP contribution is -2.31. The molecule has 3 aromatic rings. The predicted octanol–water partition coefficient (Wildman–Crippen LogP) is 3.68. The fourth-order valence-electron chi connectivity index (χ4n) is 3.89. The molecule has 8 heteroatoms. The number of amides is 1. The number of phenolic OH excluding ortho intramolecular Hbond substituents is 1. The Morgan fingerprint density at radius 2 is 2.10 bits per heavy atom. The molecule has 0 unspecified atom stereocenters. The van der Waals surface area contributed by atoms with E-state index in [1.54, 1.807) is 31.1 Å². The number of phenols is 1. The first-order valence-corrected chi connectivity index (χ1v) is 9.97. The first-order chi connectivity index (χ1) is 14.5. The number of fused-ring (bicyclic) bond motifs is 1. The number of halogens is 1. The zero-order valence-electron chi connectivity index (χ0n) is 16.6. The Morgan fingerprint density at radius 3 is 2.83 bits per heavy atom. The summed E-state index contributed by atoms with van der Waals surface area (Å²) in [5, 5.41) is 27.6. The van der Waals surface area contributed by atoms with Crippen LogP contribution in [0.15, 0.2) is 36.4 Å². The summed E-state index contributed by atoms with van der Waals surface area (Å²) >= 11 is 6.30. The number of aryl methyl sites for hydroxylation is 1. The molecule has 4 rings (SSSR count). The van der Waals surface area contributed by atoms with E-state index in [2.05, 4.69) is 10.2 Å². The largest absolute Gasteiger partial charge is 0.507 e. The van der Waals surface area contributed by atoms with Gasteiger partial charge in [-0.05, 0) is 48.7 Å². The minimum absolute atomic E-state index is 0.0258. The third-order valence-corrected chi connectivity index (χ3v) is 5.77. The molecule has 0 radical (unpaired) electrons. The van der Waals surface area contributed by atoms with Gasteiger partial charge in [-0.15, -0.1) is 0 Å². The van der Waals surface area contributed by atoms with Gasteiger partial charge >= 0.3 is 0 Å². The summed E-state index contributed by atoms with van der Waals surface area (Å²) in [5.41, 5.74) is 3.55. The molecule has 0 aliphatic carbocycles. The lowest BCUT2D eigenvalue weighted by molar-refractivity contribution is 0.0732. The molecular weight excluding hydrogens is 406 g/mol. The first kappa shape index (κ1) is 20.3. The van der Waals surface area contributed by atoms with Crippen LogP contribution < -0.4 is 4.74 Å². The van der Waals surface area contributed by atoms with Crippen LogP contribution in [-0.2, 0) is 0 Å². The Hall–Kier alpha value is -3.03. The number of aromatic amines is 1. The molecular formula is C22H22ClN3O4. The molecule has 0 saturated carbocycles. The number of aliphatic hydroxyl groups is 1. The van der Waals surface area contributed by atoms with Crippen molar-refractivity contribution in [1.29, 1.82) is 0 Å². The van der Waals surface area contributed by atoms with E-state index in [9.17, 15) is 15.0 Å². The quantitative estimate of drug-likeness (QED) is 0.557. The summed E-state index contributed by atoms with van der Waals surface area (Å²) in [6, 6.07) is 10.3. The van der Waals surface area contributed by atoms with Gasteiger partial charge in [0.2, 0.25) is 0 Å². The van der Waals surface area contributed by atoms with Gasteiger partial charge in [0.25, 0.3) is 5.91 Å². The van der Waals surface area contributed by atoms with Crippen molar-refractivity contribution < 1.29 is 19.7 Å². The van der Waals surface area contributed by atoms with Crippen LogP contribution in [0.2, 0.25) is 5.02 Å². The molecule has 1 aliphatic rings. The van der Waals surface area contributed by atoms with Gasteiger partial charge in [0.15, 0.2) is 0 Å². The molecule has 1 amide bonds. The molecule has 7 nitrogen and oxygen atoms in total. The second kappa shape index (κ2) is 8.01. The molecule has 0 fully saturated rings. The Kier molecular flexibility index (Phi) is 5.40. The van der Waals surface area contributed by atoms with Crippen LogP contribution in [0.1, 0.15) is 39.6 Å². The third kappa shape index (κ3) is 3.30. The van der Waals surface area contributed by atoms with Crippen molar-refractivity contribution in [3.8, 4) is 22.8 Å². The lowest BCUT2D eigenvalue weighted by Gasteiger charge is -2.26. The number of nitrogens with one attached hydrogen (secondary N) is 1. The molecule has 0 saturated heterocycles. The van der Waals surface area contributed by atoms with E-state index in [0.717, 1.165) is 11.1 Å². The number of methoxy groups -OCH3 is 1. The fraction of sp³-hybridized carbons (Fsp3) is 0.273. The molecule has 0 spiro atoms. The van der Waals surface area contributed by atoms with Crippen molar-refractivity contribution in [3.05, 3.63) is 63.8 Å². The molecule has 1 aliphatic heterocycles. The van der Waals surface area contributed by atoms with E-state index in [1.165, 1.54) is 0 Å². The van der Waals surface area contributed by atoms with Gasteiger partial charge in [-0.2, -0.15) is 5.10 Å². The number of aromatic hydroxyl groups is 1. The van der Waals surface area contributed by atoms with E-state index < -0.39 is 6.04 Å². The molecule has 2 aromatic carbocycles. The SMILES string of the molecule is COc1cccc([C@H]2c3c(-c4cc(Cl)c(C)cc4O)n[nH]c3C(=O)N2CCCO)c1. The molecule has 1 atom stereocenters.